The monoisotopic (exact) mass is 374 g/mol. The minimum atomic E-state index is -0.322. The molecule has 0 fully saturated rings. The van der Waals surface area contributed by atoms with Crippen LogP contribution in [-0.2, 0) is 16.1 Å². The molecule has 0 aliphatic carbocycles. The molecule has 5 heteroatoms. The van der Waals surface area contributed by atoms with Crippen molar-refractivity contribution in [3.8, 4) is 0 Å². The normalized spacial score (nSPS) is 10.2. The summed E-state index contributed by atoms with van der Waals surface area (Å²) >= 11 is 3.37. The largest absolute Gasteiger partial charge is 0.352 e. The zero-order valence-electron chi connectivity index (χ0n) is 13.2. The molecular formula is C18H19BrN2O2. The Morgan fingerprint density at radius 1 is 1.00 bits per heavy atom. The third kappa shape index (κ3) is 5.21. The highest BCUT2D eigenvalue weighted by molar-refractivity contribution is 9.10. The Morgan fingerprint density at radius 2 is 1.74 bits per heavy atom. The van der Waals surface area contributed by atoms with Gasteiger partial charge in [-0.1, -0.05) is 40.2 Å². The predicted octanol–water partition coefficient (Wildman–Crippen LogP) is 3.71. The van der Waals surface area contributed by atoms with Crippen LogP contribution in [0.1, 0.15) is 23.1 Å². The van der Waals surface area contributed by atoms with Gasteiger partial charge in [0.25, 0.3) is 0 Å². The number of anilines is 1. The molecular weight excluding hydrogens is 356 g/mol. The first-order valence-corrected chi connectivity index (χ1v) is 8.12. The zero-order chi connectivity index (χ0) is 16.8. The number of amides is 2. The average Bonchev–Trinajstić information content (AvgIpc) is 2.49. The van der Waals surface area contributed by atoms with Crippen molar-refractivity contribution in [2.45, 2.75) is 26.8 Å². The van der Waals surface area contributed by atoms with Gasteiger partial charge in [0.15, 0.2) is 0 Å². The number of nitrogens with one attached hydrogen (secondary N) is 2. The lowest BCUT2D eigenvalue weighted by molar-refractivity contribution is -0.126. The molecule has 0 spiro atoms. The molecule has 0 heterocycles. The summed E-state index contributed by atoms with van der Waals surface area (Å²) in [6, 6.07) is 13.4. The molecule has 23 heavy (non-hydrogen) atoms. The Labute approximate surface area is 144 Å². The smallest absolute Gasteiger partial charge is 0.233 e. The number of carbonyl (C=O) groups excluding carboxylic acids is 2. The van der Waals surface area contributed by atoms with Crippen LogP contribution in [-0.4, -0.2) is 11.8 Å². The highest BCUT2D eigenvalue weighted by Gasteiger charge is 2.11. The summed E-state index contributed by atoms with van der Waals surface area (Å²) in [4.78, 5) is 23.8. The highest BCUT2D eigenvalue weighted by Crippen LogP contribution is 2.20. The van der Waals surface area contributed by atoms with Gasteiger partial charge in [-0.15, -0.1) is 0 Å². The minimum absolute atomic E-state index is 0.193. The summed E-state index contributed by atoms with van der Waals surface area (Å²) in [5.41, 5.74) is 3.81. The molecule has 0 atom stereocenters. The molecule has 0 aliphatic rings. The lowest BCUT2D eigenvalue weighted by Crippen LogP contribution is -2.28. The van der Waals surface area contributed by atoms with Crippen LogP contribution in [0.15, 0.2) is 46.9 Å². The van der Waals surface area contributed by atoms with Crippen LogP contribution >= 0.6 is 15.9 Å². The molecule has 0 unspecified atom stereocenters. The van der Waals surface area contributed by atoms with E-state index >= 15 is 0 Å². The molecule has 2 aromatic rings. The molecule has 4 nitrogen and oxygen atoms in total. The Bertz CT molecular complexity index is 729. The molecule has 0 radical (unpaired) electrons. The van der Waals surface area contributed by atoms with E-state index in [1.807, 2.05) is 56.3 Å². The number of hydrogen-bond acceptors (Lipinski definition) is 2. The van der Waals surface area contributed by atoms with Gasteiger partial charge in [-0.25, -0.2) is 0 Å². The fourth-order valence-corrected chi connectivity index (χ4v) is 2.65. The van der Waals surface area contributed by atoms with Crippen molar-refractivity contribution in [1.82, 2.24) is 5.32 Å². The van der Waals surface area contributed by atoms with Gasteiger partial charge >= 0.3 is 0 Å². The summed E-state index contributed by atoms with van der Waals surface area (Å²) in [5, 5.41) is 5.53. The topological polar surface area (TPSA) is 58.2 Å². The fraction of sp³-hybridized carbons (Fsp3) is 0.222. The number of benzene rings is 2. The summed E-state index contributed by atoms with van der Waals surface area (Å²) < 4.78 is 0.948. The SMILES string of the molecule is Cc1ccccc1CNC(=O)CC(=O)Nc1ccc(Br)cc1C. The first-order valence-electron chi connectivity index (χ1n) is 7.33. The first-order chi connectivity index (χ1) is 11.0. The van der Waals surface area contributed by atoms with E-state index in [-0.39, 0.29) is 18.2 Å². The van der Waals surface area contributed by atoms with Gasteiger partial charge in [0.2, 0.25) is 11.8 Å². The molecule has 2 aromatic carbocycles. The standard InChI is InChI=1S/C18H19BrN2O2/c1-12-5-3-4-6-14(12)11-20-17(22)10-18(23)21-16-8-7-15(19)9-13(16)2/h3-9H,10-11H2,1-2H3,(H,20,22)(H,21,23). The Balaban J connectivity index is 1.85. The summed E-state index contributed by atoms with van der Waals surface area (Å²) in [7, 11) is 0. The van der Waals surface area contributed by atoms with Gasteiger partial charge in [-0.2, -0.15) is 0 Å². The van der Waals surface area contributed by atoms with E-state index in [1.165, 1.54) is 0 Å². The lowest BCUT2D eigenvalue weighted by Gasteiger charge is -2.10. The molecule has 0 aliphatic heterocycles. The number of aryl methyl sites for hydroxylation is 2. The van der Waals surface area contributed by atoms with Crippen molar-refractivity contribution < 1.29 is 9.59 Å². The maximum absolute atomic E-state index is 12.0. The van der Waals surface area contributed by atoms with Gasteiger partial charge in [-0.3, -0.25) is 9.59 Å². The van der Waals surface area contributed by atoms with Crippen molar-refractivity contribution >= 4 is 33.4 Å². The third-order valence-electron chi connectivity index (χ3n) is 3.52. The van der Waals surface area contributed by atoms with Crippen LogP contribution in [0.3, 0.4) is 0 Å². The molecule has 0 saturated heterocycles. The van der Waals surface area contributed by atoms with E-state index in [0.717, 1.165) is 21.2 Å². The van der Waals surface area contributed by atoms with Gasteiger partial charge < -0.3 is 10.6 Å². The number of carbonyl (C=O) groups is 2. The van der Waals surface area contributed by atoms with Crippen LogP contribution in [0.4, 0.5) is 5.69 Å². The quantitative estimate of drug-likeness (QED) is 0.783. The zero-order valence-corrected chi connectivity index (χ0v) is 14.7. The predicted molar refractivity (Wildman–Crippen MR) is 95.2 cm³/mol. The fourth-order valence-electron chi connectivity index (χ4n) is 2.17. The van der Waals surface area contributed by atoms with Crippen molar-refractivity contribution in [2.24, 2.45) is 0 Å². The van der Waals surface area contributed by atoms with Gasteiger partial charge in [0, 0.05) is 16.7 Å². The van der Waals surface area contributed by atoms with Gasteiger partial charge in [0.05, 0.1) is 0 Å². The maximum Gasteiger partial charge on any atom is 0.233 e. The number of hydrogen-bond donors (Lipinski definition) is 2. The lowest BCUT2D eigenvalue weighted by atomic mass is 10.1. The summed E-state index contributed by atoms with van der Waals surface area (Å²) in [6.45, 7) is 4.32. The van der Waals surface area contributed by atoms with Crippen LogP contribution in [0.5, 0.6) is 0 Å². The Kier molecular flexibility index (Phi) is 5.93. The molecule has 2 N–H and O–H groups in total. The third-order valence-corrected chi connectivity index (χ3v) is 4.01. The molecule has 120 valence electrons. The second kappa shape index (κ2) is 7.92. The number of rotatable bonds is 5. The maximum atomic E-state index is 12.0. The van der Waals surface area contributed by atoms with Gasteiger partial charge in [-0.05, 0) is 48.7 Å². The van der Waals surface area contributed by atoms with Crippen molar-refractivity contribution in [3.05, 3.63) is 63.6 Å². The first kappa shape index (κ1) is 17.2. The van der Waals surface area contributed by atoms with Crippen LogP contribution < -0.4 is 10.6 Å². The van der Waals surface area contributed by atoms with E-state index in [0.29, 0.717) is 12.2 Å². The summed E-state index contributed by atoms with van der Waals surface area (Å²) in [5.74, 6) is -0.613. The van der Waals surface area contributed by atoms with E-state index in [4.69, 9.17) is 0 Å². The minimum Gasteiger partial charge on any atom is -0.352 e. The second-order valence-corrected chi connectivity index (χ2v) is 6.30. The molecule has 0 saturated carbocycles. The van der Waals surface area contributed by atoms with Crippen molar-refractivity contribution in [2.75, 3.05) is 5.32 Å². The van der Waals surface area contributed by atoms with E-state index in [1.54, 1.807) is 0 Å². The van der Waals surface area contributed by atoms with E-state index < -0.39 is 0 Å². The average molecular weight is 375 g/mol. The number of halogens is 1. The van der Waals surface area contributed by atoms with Crippen LogP contribution in [0, 0.1) is 13.8 Å². The van der Waals surface area contributed by atoms with Gasteiger partial charge in [0.1, 0.15) is 6.42 Å². The van der Waals surface area contributed by atoms with Crippen LogP contribution in [0.2, 0.25) is 0 Å². The van der Waals surface area contributed by atoms with Crippen molar-refractivity contribution in [1.29, 1.82) is 0 Å². The van der Waals surface area contributed by atoms with Crippen LogP contribution in [0.25, 0.3) is 0 Å². The Hall–Kier alpha value is -2.14. The Morgan fingerprint density at radius 3 is 2.43 bits per heavy atom. The molecule has 0 bridgehead atoms. The van der Waals surface area contributed by atoms with E-state index in [9.17, 15) is 9.59 Å². The molecule has 2 amide bonds. The van der Waals surface area contributed by atoms with Crippen molar-refractivity contribution in [3.63, 3.8) is 0 Å². The highest BCUT2D eigenvalue weighted by atomic mass is 79.9. The van der Waals surface area contributed by atoms with E-state index in [2.05, 4.69) is 26.6 Å². The second-order valence-electron chi connectivity index (χ2n) is 5.39. The summed E-state index contributed by atoms with van der Waals surface area (Å²) in [6.07, 6.45) is -0.193. The molecule has 0 aromatic heterocycles. The molecule has 2 rings (SSSR count).